The van der Waals surface area contributed by atoms with E-state index in [1.165, 1.54) is 15.9 Å². The van der Waals surface area contributed by atoms with Gasteiger partial charge >= 0.3 is 181 Å². The summed E-state index contributed by atoms with van der Waals surface area (Å²) in [5.74, 6) is 0. The van der Waals surface area contributed by atoms with E-state index < -0.39 is 4.25 Å². The number of rotatable bonds is 6. The van der Waals surface area contributed by atoms with Crippen molar-refractivity contribution >= 4 is 42.2 Å². The molecule has 1 heterocycles. The van der Waals surface area contributed by atoms with E-state index in [1.807, 2.05) is 12.3 Å². The molecule has 0 atom stereocenters. The molecule has 0 aliphatic rings. The summed E-state index contributed by atoms with van der Waals surface area (Å²) in [6.45, 7) is 0. The minimum atomic E-state index is -2.69. The van der Waals surface area contributed by atoms with Crippen LogP contribution in [0.3, 0.4) is 0 Å². The first-order valence-corrected chi connectivity index (χ1v) is 14.7. The molecule has 0 saturated carbocycles. The summed E-state index contributed by atoms with van der Waals surface area (Å²) in [6, 6.07) is 39.4. The Morgan fingerprint density at radius 2 is 1.00 bits per heavy atom. The summed E-state index contributed by atoms with van der Waals surface area (Å²) in [6.07, 6.45) is 3.88. The maximum atomic E-state index is 4.61. The van der Waals surface area contributed by atoms with Gasteiger partial charge in [-0.3, -0.25) is 0 Å². The molecule has 0 amide bonds. The normalized spacial score (nSPS) is 12.8. The van der Waals surface area contributed by atoms with Crippen LogP contribution in [-0.2, 0) is 6.42 Å². The number of hydrogen-bond donors (Lipinski definition) is 0. The van der Waals surface area contributed by atoms with Crippen LogP contribution >= 0.6 is 26.3 Å². The second-order valence-electron chi connectivity index (χ2n) is 6.98. The zero-order chi connectivity index (χ0) is 19.3. The number of aryl methyl sites for hydroxylation is 1. The van der Waals surface area contributed by atoms with Crippen LogP contribution in [0.25, 0.3) is 0 Å². The number of benzene rings is 3. The maximum absolute atomic E-state index is 4.61. The van der Waals surface area contributed by atoms with Crippen molar-refractivity contribution < 1.29 is 0 Å². The van der Waals surface area contributed by atoms with Crippen LogP contribution in [0.15, 0.2) is 115 Å². The SMILES string of the molecule is IP(CCc1ccccn1)(c1ccccc1)(c1ccccc1)c1ccccc1. The van der Waals surface area contributed by atoms with Gasteiger partial charge in [-0.2, -0.15) is 0 Å². The third-order valence-corrected chi connectivity index (χ3v) is 17.0. The molecule has 140 valence electrons. The van der Waals surface area contributed by atoms with E-state index in [0.29, 0.717) is 0 Å². The Bertz CT molecular complexity index is 922. The summed E-state index contributed by atoms with van der Waals surface area (Å²) >= 11 is 2.84. The van der Waals surface area contributed by atoms with Crippen molar-refractivity contribution in [3.8, 4) is 0 Å². The van der Waals surface area contributed by atoms with Gasteiger partial charge in [0.2, 0.25) is 0 Å². The van der Waals surface area contributed by atoms with Crippen molar-refractivity contribution in [3.05, 3.63) is 121 Å². The molecule has 0 N–H and O–H groups in total. The second-order valence-corrected chi connectivity index (χ2v) is 17.7. The topological polar surface area (TPSA) is 12.9 Å². The van der Waals surface area contributed by atoms with Gasteiger partial charge in [0, 0.05) is 0 Å². The molecule has 0 saturated heterocycles. The van der Waals surface area contributed by atoms with Gasteiger partial charge in [-0.1, -0.05) is 0 Å². The molecule has 0 fully saturated rings. The zero-order valence-electron chi connectivity index (χ0n) is 15.7. The Morgan fingerprint density at radius 1 is 0.571 bits per heavy atom. The van der Waals surface area contributed by atoms with Crippen LogP contribution in [0.2, 0.25) is 0 Å². The standard InChI is InChI=1S/C25H23INP/c26-28(23-13-4-1-5-14-23,24-15-6-2-7-16-24,25-17-8-3-9-18-25)21-19-22-12-10-11-20-27-22/h1-18,20H,19,21H2. The average Bonchev–Trinajstić information content (AvgIpc) is 2.80. The first kappa shape index (κ1) is 19.3. The van der Waals surface area contributed by atoms with Crippen molar-refractivity contribution in [2.75, 3.05) is 6.16 Å². The fourth-order valence-corrected chi connectivity index (χ4v) is 12.2. The predicted molar refractivity (Wildman–Crippen MR) is 132 cm³/mol. The number of halogens is 1. The van der Waals surface area contributed by atoms with Crippen LogP contribution in [0, 0.1) is 0 Å². The summed E-state index contributed by atoms with van der Waals surface area (Å²) in [7, 11) is 0. The second kappa shape index (κ2) is 8.14. The van der Waals surface area contributed by atoms with Crippen molar-refractivity contribution in [1.29, 1.82) is 0 Å². The molecule has 0 aliphatic carbocycles. The van der Waals surface area contributed by atoms with Gasteiger partial charge in [-0.15, -0.1) is 0 Å². The fraction of sp³-hybridized carbons (Fsp3) is 0.0800. The summed E-state index contributed by atoms with van der Waals surface area (Å²) < 4.78 is -2.69. The fourth-order valence-electron chi connectivity index (χ4n) is 3.92. The number of aromatic nitrogens is 1. The quantitative estimate of drug-likeness (QED) is 0.254. The van der Waals surface area contributed by atoms with Crippen LogP contribution in [0.4, 0.5) is 0 Å². The van der Waals surface area contributed by atoms with Crippen molar-refractivity contribution in [1.82, 2.24) is 4.98 Å². The zero-order valence-corrected chi connectivity index (χ0v) is 18.7. The Hall–Kier alpha value is -2.03. The van der Waals surface area contributed by atoms with Crippen LogP contribution in [-0.4, -0.2) is 11.1 Å². The first-order chi connectivity index (χ1) is 13.7. The van der Waals surface area contributed by atoms with Crippen LogP contribution < -0.4 is 15.9 Å². The summed E-state index contributed by atoms with van der Waals surface area (Å²) in [4.78, 5) is 4.61. The van der Waals surface area contributed by atoms with Gasteiger partial charge in [0.05, 0.1) is 0 Å². The molecule has 4 aromatic rings. The van der Waals surface area contributed by atoms with E-state index in [-0.39, 0.29) is 0 Å². The average molecular weight is 495 g/mol. The van der Waals surface area contributed by atoms with E-state index in [1.54, 1.807) is 0 Å². The number of nitrogens with zero attached hydrogens (tertiary/aromatic N) is 1. The van der Waals surface area contributed by atoms with Crippen molar-refractivity contribution in [2.45, 2.75) is 6.42 Å². The van der Waals surface area contributed by atoms with Crippen molar-refractivity contribution in [3.63, 3.8) is 0 Å². The molecule has 3 aromatic carbocycles. The van der Waals surface area contributed by atoms with E-state index in [4.69, 9.17) is 0 Å². The molecule has 0 aliphatic heterocycles. The number of pyridine rings is 1. The van der Waals surface area contributed by atoms with Gasteiger partial charge in [-0.05, 0) is 0 Å². The van der Waals surface area contributed by atoms with Gasteiger partial charge in [0.25, 0.3) is 0 Å². The monoisotopic (exact) mass is 495 g/mol. The van der Waals surface area contributed by atoms with E-state index in [0.717, 1.165) is 18.3 Å². The molecule has 1 aromatic heterocycles. The molecule has 1 nitrogen and oxygen atoms in total. The Kier molecular flexibility index (Phi) is 5.61. The van der Waals surface area contributed by atoms with Gasteiger partial charge in [0.15, 0.2) is 0 Å². The Labute approximate surface area is 180 Å². The molecule has 3 heteroatoms. The Balaban J connectivity index is 1.98. The number of hydrogen-bond acceptors (Lipinski definition) is 1. The summed E-state index contributed by atoms with van der Waals surface area (Å²) in [5.41, 5.74) is 1.15. The first-order valence-electron chi connectivity index (χ1n) is 9.51. The Morgan fingerprint density at radius 3 is 1.39 bits per heavy atom. The molecule has 0 radical (unpaired) electrons. The molecule has 0 spiro atoms. The third kappa shape index (κ3) is 3.40. The molecular formula is C25H23INP. The van der Waals surface area contributed by atoms with Gasteiger partial charge < -0.3 is 0 Å². The van der Waals surface area contributed by atoms with Gasteiger partial charge in [0.1, 0.15) is 0 Å². The van der Waals surface area contributed by atoms with E-state index >= 15 is 0 Å². The third-order valence-electron chi connectivity index (χ3n) is 5.40. The molecule has 0 unspecified atom stereocenters. The van der Waals surface area contributed by atoms with E-state index in [2.05, 4.69) is 130 Å². The predicted octanol–water partition coefficient (Wildman–Crippen LogP) is 5.50. The molecule has 4 rings (SSSR count). The van der Waals surface area contributed by atoms with E-state index in [9.17, 15) is 0 Å². The summed E-state index contributed by atoms with van der Waals surface area (Å²) in [5, 5.41) is 4.26. The van der Waals surface area contributed by atoms with Crippen LogP contribution in [0.5, 0.6) is 0 Å². The van der Waals surface area contributed by atoms with Gasteiger partial charge in [-0.25, -0.2) is 0 Å². The molecular weight excluding hydrogens is 472 g/mol. The molecule has 28 heavy (non-hydrogen) atoms. The van der Waals surface area contributed by atoms with Crippen LogP contribution in [0.1, 0.15) is 5.69 Å². The molecule has 0 bridgehead atoms. The van der Waals surface area contributed by atoms with Crippen molar-refractivity contribution in [2.24, 2.45) is 0 Å². The minimum absolute atomic E-state index is 0.945.